The highest BCUT2D eigenvalue weighted by Crippen LogP contribution is 2.35. The Bertz CT molecular complexity index is 859. The molecule has 5 heteroatoms. The predicted octanol–water partition coefficient (Wildman–Crippen LogP) is 3.52. The Labute approximate surface area is 161 Å². The van der Waals surface area contributed by atoms with Crippen LogP contribution in [0.5, 0.6) is 0 Å². The quantitative estimate of drug-likeness (QED) is 0.702. The summed E-state index contributed by atoms with van der Waals surface area (Å²) < 4.78 is 2.27. The Morgan fingerprint density at radius 3 is 2.65 bits per heavy atom. The predicted molar refractivity (Wildman–Crippen MR) is 110 cm³/mol. The first-order valence-electron chi connectivity index (χ1n) is 8.95. The third kappa shape index (κ3) is 3.50. The molecule has 2 atom stereocenters. The molecule has 0 amide bonds. The highest BCUT2D eigenvalue weighted by Gasteiger charge is 2.36. The van der Waals surface area contributed by atoms with Crippen LogP contribution in [0.3, 0.4) is 0 Å². The first-order valence-corrected chi connectivity index (χ1v) is 8.95. The van der Waals surface area contributed by atoms with Crippen molar-refractivity contribution < 1.29 is 0 Å². The summed E-state index contributed by atoms with van der Waals surface area (Å²) in [6.45, 7) is 3.15. The van der Waals surface area contributed by atoms with Crippen LogP contribution in [-0.2, 0) is 13.6 Å². The maximum Gasteiger partial charge on any atom is 0.0480 e. The lowest BCUT2D eigenvalue weighted by Gasteiger charge is -2.25. The zero-order chi connectivity index (χ0) is 17.4. The van der Waals surface area contributed by atoms with Crippen molar-refractivity contribution in [1.82, 2.24) is 19.4 Å². The Hall–Kier alpha value is -1.88. The molecule has 0 unspecified atom stereocenters. The van der Waals surface area contributed by atoms with Gasteiger partial charge in [0.2, 0.25) is 0 Å². The number of nitrogens with zero attached hydrogens (tertiary/aromatic N) is 4. The van der Waals surface area contributed by atoms with Crippen molar-refractivity contribution in [3.63, 3.8) is 0 Å². The number of aryl methyl sites for hydroxylation is 1. The number of hydrogen-bond acceptors (Lipinski definition) is 3. The maximum atomic E-state index is 4.26. The fourth-order valence-corrected chi connectivity index (χ4v) is 4.24. The molecule has 0 aliphatic carbocycles. The van der Waals surface area contributed by atoms with Crippen molar-refractivity contribution in [3.05, 3.63) is 66.1 Å². The van der Waals surface area contributed by atoms with Crippen molar-refractivity contribution in [2.75, 3.05) is 27.2 Å². The maximum absolute atomic E-state index is 4.26. The lowest BCUT2D eigenvalue weighted by molar-refractivity contribution is 0.260. The van der Waals surface area contributed by atoms with E-state index < -0.39 is 0 Å². The number of rotatable bonds is 4. The fraction of sp³-hybridized carbons (Fsp3) is 0.381. The van der Waals surface area contributed by atoms with Gasteiger partial charge in [0.25, 0.3) is 0 Å². The normalized spacial score (nSPS) is 20.6. The summed E-state index contributed by atoms with van der Waals surface area (Å²) in [7, 11) is 6.56. The zero-order valence-corrected chi connectivity index (χ0v) is 16.5. The molecule has 4 rings (SSSR count). The smallest absolute Gasteiger partial charge is 0.0480 e. The van der Waals surface area contributed by atoms with E-state index in [1.165, 1.54) is 22.0 Å². The van der Waals surface area contributed by atoms with E-state index in [-0.39, 0.29) is 12.4 Å². The second kappa shape index (κ2) is 7.78. The second-order valence-corrected chi connectivity index (χ2v) is 7.41. The zero-order valence-electron chi connectivity index (χ0n) is 15.7. The van der Waals surface area contributed by atoms with Crippen molar-refractivity contribution in [1.29, 1.82) is 0 Å². The molecule has 3 aromatic rings. The summed E-state index contributed by atoms with van der Waals surface area (Å²) in [5, 5.41) is 1.39. The Morgan fingerprint density at radius 2 is 1.92 bits per heavy atom. The Balaban J connectivity index is 0.00000196. The summed E-state index contributed by atoms with van der Waals surface area (Å²) >= 11 is 0. The number of aromatic nitrogens is 2. The van der Waals surface area contributed by atoms with Crippen molar-refractivity contribution >= 4 is 23.3 Å². The monoisotopic (exact) mass is 370 g/mol. The van der Waals surface area contributed by atoms with E-state index in [4.69, 9.17) is 0 Å². The van der Waals surface area contributed by atoms with Crippen molar-refractivity contribution in [3.8, 4) is 0 Å². The molecule has 0 N–H and O–H groups in total. The molecule has 1 aliphatic heterocycles. The summed E-state index contributed by atoms with van der Waals surface area (Å²) in [6, 6.07) is 13.5. The molecule has 3 heterocycles. The van der Waals surface area contributed by atoms with E-state index >= 15 is 0 Å². The standard InChI is InChI=1S/C21H26N4.ClH/c1-23(2)21-15-25(12-16-7-6-10-22-11-16)14-19(21)18-13-24(3)20-9-5-4-8-17(18)20;/h4-11,13,19,21H,12,14-15H2,1-3H3;1H/t19-,21+;/m0./s1. The Kier molecular flexibility index (Phi) is 5.66. The summed E-state index contributed by atoms with van der Waals surface area (Å²) in [5.41, 5.74) is 4.09. The average Bonchev–Trinajstić information content (AvgIpc) is 3.18. The highest BCUT2D eigenvalue weighted by molar-refractivity contribution is 5.85. The first-order chi connectivity index (χ1) is 12.1. The van der Waals surface area contributed by atoms with E-state index in [1.54, 1.807) is 0 Å². The van der Waals surface area contributed by atoms with Gasteiger partial charge in [0.05, 0.1) is 0 Å². The van der Waals surface area contributed by atoms with Crippen molar-refractivity contribution in [2.45, 2.75) is 18.5 Å². The number of pyridine rings is 1. The number of likely N-dealkylation sites (N-methyl/N-ethyl adjacent to an activating group) is 1. The molecule has 1 saturated heterocycles. The van der Waals surface area contributed by atoms with Crippen LogP contribution in [0, 0.1) is 0 Å². The van der Waals surface area contributed by atoms with Crippen molar-refractivity contribution in [2.24, 2.45) is 7.05 Å². The van der Waals surface area contributed by atoms with Gasteiger partial charge in [-0.25, -0.2) is 0 Å². The summed E-state index contributed by atoms with van der Waals surface area (Å²) in [4.78, 5) is 9.21. The Morgan fingerprint density at radius 1 is 1.12 bits per heavy atom. The molecule has 2 aromatic heterocycles. The van der Waals surface area contributed by atoms with Gasteiger partial charge in [-0.2, -0.15) is 0 Å². The molecular weight excluding hydrogens is 344 g/mol. The first kappa shape index (κ1) is 18.9. The van der Waals surface area contributed by atoms with Crippen LogP contribution in [-0.4, -0.2) is 52.6 Å². The molecule has 0 radical (unpaired) electrons. The molecule has 0 saturated carbocycles. The summed E-state index contributed by atoms with van der Waals surface area (Å²) in [5.74, 6) is 0.526. The minimum Gasteiger partial charge on any atom is -0.350 e. The molecule has 138 valence electrons. The summed E-state index contributed by atoms with van der Waals surface area (Å²) in [6.07, 6.45) is 6.16. The van der Waals surface area contributed by atoms with Crippen LogP contribution in [0.15, 0.2) is 55.0 Å². The number of fused-ring (bicyclic) bond motifs is 1. The van der Waals surface area contributed by atoms with E-state index in [9.17, 15) is 0 Å². The van der Waals surface area contributed by atoms with Gasteiger partial charge in [0, 0.05) is 68.1 Å². The van der Waals surface area contributed by atoms with Gasteiger partial charge < -0.3 is 9.47 Å². The topological polar surface area (TPSA) is 24.3 Å². The SMILES string of the molecule is CN(C)[C@@H]1CN(Cc2cccnc2)C[C@H]1c1cn(C)c2ccccc12.Cl. The van der Waals surface area contributed by atoms with Crippen LogP contribution in [0.1, 0.15) is 17.0 Å². The minimum atomic E-state index is 0. The van der Waals surface area contributed by atoms with Gasteiger partial charge in [-0.15, -0.1) is 12.4 Å². The van der Waals surface area contributed by atoms with Crippen LogP contribution < -0.4 is 0 Å². The number of halogens is 1. The van der Waals surface area contributed by atoms with Gasteiger partial charge in [-0.1, -0.05) is 24.3 Å². The average molecular weight is 371 g/mol. The highest BCUT2D eigenvalue weighted by atomic mass is 35.5. The second-order valence-electron chi connectivity index (χ2n) is 7.41. The van der Waals surface area contributed by atoms with E-state index in [0.29, 0.717) is 12.0 Å². The van der Waals surface area contributed by atoms with Gasteiger partial charge in [-0.05, 0) is 37.4 Å². The lowest BCUT2D eigenvalue weighted by atomic mass is 9.93. The largest absolute Gasteiger partial charge is 0.350 e. The molecule has 0 spiro atoms. The molecule has 1 fully saturated rings. The number of likely N-dealkylation sites (tertiary alicyclic amines) is 1. The van der Waals surface area contributed by atoms with E-state index in [0.717, 1.165) is 19.6 Å². The van der Waals surface area contributed by atoms with E-state index in [2.05, 4.69) is 77.0 Å². The molecular formula is C21H27ClN4. The van der Waals surface area contributed by atoms with Gasteiger partial charge in [0.1, 0.15) is 0 Å². The van der Waals surface area contributed by atoms with Crippen LogP contribution in [0.25, 0.3) is 10.9 Å². The number of benzene rings is 1. The van der Waals surface area contributed by atoms with Gasteiger partial charge in [0.15, 0.2) is 0 Å². The van der Waals surface area contributed by atoms with Crippen LogP contribution in [0.2, 0.25) is 0 Å². The third-order valence-corrected chi connectivity index (χ3v) is 5.48. The molecule has 0 bridgehead atoms. The molecule has 1 aliphatic rings. The number of para-hydroxylation sites is 1. The molecule has 26 heavy (non-hydrogen) atoms. The third-order valence-electron chi connectivity index (χ3n) is 5.48. The van der Waals surface area contributed by atoms with Gasteiger partial charge in [-0.3, -0.25) is 9.88 Å². The molecule has 1 aromatic carbocycles. The fourth-order valence-electron chi connectivity index (χ4n) is 4.24. The van der Waals surface area contributed by atoms with Crippen LogP contribution in [0.4, 0.5) is 0 Å². The van der Waals surface area contributed by atoms with Crippen LogP contribution >= 0.6 is 12.4 Å². The van der Waals surface area contributed by atoms with E-state index in [1.807, 2.05) is 18.5 Å². The number of hydrogen-bond donors (Lipinski definition) is 0. The van der Waals surface area contributed by atoms with Gasteiger partial charge >= 0.3 is 0 Å². The lowest BCUT2D eigenvalue weighted by Crippen LogP contribution is -2.34. The molecule has 4 nitrogen and oxygen atoms in total. The minimum absolute atomic E-state index is 0.